The van der Waals surface area contributed by atoms with Crippen molar-refractivity contribution in [3.8, 4) is 0 Å². The molecule has 0 spiro atoms. The Labute approximate surface area is 168 Å². The Morgan fingerprint density at radius 2 is 0.607 bits per heavy atom. The van der Waals surface area contributed by atoms with Crippen LogP contribution in [-0.4, -0.2) is 0 Å². The highest BCUT2D eigenvalue weighted by Crippen LogP contribution is 2.36. The van der Waals surface area contributed by atoms with Gasteiger partial charge in [-0.3, -0.25) is 0 Å². The van der Waals surface area contributed by atoms with E-state index in [-0.39, 0.29) is 0 Å². The first-order valence-corrected chi connectivity index (χ1v) is 10.5. The maximum atomic E-state index is 2.35. The minimum atomic E-state index is 1.31. The number of hydrogen-bond acceptors (Lipinski definition) is 0. The van der Waals surface area contributed by atoms with E-state index in [2.05, 4.69) is 86.6 Å². The first-order chi connectivity index (χ1) is 13.7. The van der Waals surface area contributed by atoms with Gasteiger partial charge >= 0.3 is 0 Å². The zero-order valence-electron chi connectivity index (χ0n) is 17.9. The lowest BCUT2D eigenvalue weighted by atomic mass is 9.90. The van der Waals surface area contributed by atoms with E-state index >= 15 is 0 Å². The second-order valence-corrected chi connectivity index (χ2v) is 6.74. The molecule has 28 heavy (non-hydrogen) atoms. The summed E-state index contributed by atoms with van der Waals surface area (Å²) in [5.74, 6) is 0. The number of hydrogen-bond donors (Lipinski definition) is 0. The fraction of sp³-hybridized carbons (Fsp3) is 0.214. The highest BCUT2D eigenvalue weighted by atomic mass is 14.1. The van der Waals surface area contributed by atoms with E-state index in [1.165, 1.54) is 54.2 Å². The molecule has 5 aromatic rings. The third kappa shape index (κ3) is 3.24. The largest absolute Gasteiger partial charge is 0.0683 e. The Morgan fingerprint density at radius 3 is 0.821 bits per heavy atom. The van der Waals surface area contributed by atoms with Gasteiger partial charge < -0.3 is 0 Å². The van der Waals surface area contributed by atoms with Crippen LogP contribution in [0, 0.1) is 13.8 Å². The van der Waals surface area contributed by atoms with E-state index in [9.17, 15) is 0 Å². The lowest BCUT2D eigenvalue weighted by molar-refractivity contribution is 1.50. The number of rotatable bonds is 0. The average Bonchev–Trinajstić information content (AvgIpc) is 2.78. The van der Waals surface area contributed by atoms with Gasteiger partial charge in [0, 0.05) is 0 Å². The summed E-state index contributed by atoms with van der Waals surface area (Å²) in [5.41, 5.74) is 2.75. The normalized spacial score (nSPS) is 10.5. The maximum Gasteiger partial charge on any atom is -0.0139 e. The maximum absolute atomic E-state index is 2.35. The van der Waals surface area contributed by atoms with Crippen molar-refractivity contribution < 1.29 is 0 Å². The quantitative estimate of drug-likeness (QED) is 0.240. The number of fused-ring (bicyclic) bond motifs is 4. The van der Waals surface area contributed by atoms with Gasteiger partial charge in [-0.25, -0.2) is 0 Å². The van der Waals surface area contributed by atoms with Crippen LogP contribution >= 0.6 is 0 Å². The SMILES string of the molecule is CC.CC.Cc1c2cc3ccccc3cc2c(C)c2cc3ccccc3cc12. The molecule has 0 fully saturated rings. The molecule has 0 N–H and O–H groups in total. The van der Waals surface area contributed by atoms with Crippen molar-refractivity contribution in [3.63, 3.8) is 0 Å². The topological polar surface area (TPSA) is 0 Å². The van der Waals surface area contributed by atoms with Crippen LogP contribution in [0.25, 0.3) is 43.1 Å². The molecule has 0 nitrogen and oxygen atoms in total. The lowest BCUT2D eigenvalue weighted by Crippen LogP contribution is -1.89. The smallest absolute Gasteiger partial charge is 0.0139 e. The second kappa shape index (κ2) is 8.44. The number of aryl methyl sites for hydroxylation is 2. The highest BCUT2D eigenvalue weighted by molar-refractivity contribution is 6.12. The van der Waals surface area contributed by atoms with Gasteiger partial charge in [0.05, 0.1) is 0 Å². The molecule has 0 atom stereocenters. The van der Waals surface area contributed by atoms with Crippen molar-refractivity contribution in [1.82, 2.24) is 0 Å². The molecule has 5 aromatic carbocycles. The van der Waals surface area contributed by atoms with Crippen molar-refractivity contribution in [2.75, 3.05) is 0 Å². The molecule has 0 aliphatic heterocycles. The summed E-state index contributed by atoms with van der Waals surface area (Å²) in [4.78, 5) is 0. The van der Waals surface area contributed by atoms with Crippen molar-refractivity contribution in [2.45, 2.75) is 41.5 Å². The molecule has 0 saturated carbocycles. The van der Waals surface area contributed by atoms with Gasteiger partial charge in [-0.15, -0.1) is 0 Å². The molecule has 0 aliphatic rings. The van der Waals surface area contributed by atoms with Crippen molar-refractivity contribution in [2.24, 2.45) is 0 Å². The van der Waals surface area contributed by atoms with Crippen LogP contribution in [0.5, 0.6) is 0 Å². The molecule has 0 radical (unpaired) electrons. The fourth-order valence-electron chi connectivity index (χ4n) is 4.01. The Hall–Kier alpha value is -2.86. The van der Waals surface area contributed by atoms with Crippen LogP contribution in [-0.2, 0) is 0 Å². The van der Waals surface area contributed by atoms with Gasteiger partial charge in [-0.2, -0.15) is 0 Å². The van der Waals surface area contributed by atoms with Crippen LogP contribution < -0.4 is 0 Å². The zero-order valence-corrected chi connectivity index (χ0v) is 17.9. The summed E-state index contributed by atoms with van der Waals surface area (Å²) < 4.78 is 0. The van der Waals surface area contributed by atoms with Gasteiger partial charge in [0.1, 0.15) is 0 Å². The summed E-state index contributed by atoms with van der Waals surface area (Å²) in [5, 5.41) is 10.7. The molecule has 0 aliphatic carbocycles. The van der Waals surface area contributed by atoms with Crippen LogP contribution in [0.15, 0.2) is 72.8 Å². The Balaban J connectivity index is 0.000000531. The molecule has 5 rings (SSSR count). The highest BCUT2D eigenvalue weighted by Gasteiger charge is 2.11. The minimum Gasteiger partial charge on any atom is -0.0683 e. The first-order valence-electron chi connectivity index (χ1n) is 10.5. The summed E-state index contributed by atoms with van der Waals surface area (Å²) in [6.07, 6.45) is 0. The summed E-state index contributed by atoms with van der Waals surface area (Å²) in [7, 11) is 0. The van der Waals surface area contributed by atoms with E-state index in [4.69, 9.17) is 0 Å². The van der Waals surface area contributed by atoms with Gasteiger partial charge in [0.15, 0.2) is 0 Å². The van der Waals surface area contributed by atoms with E-state index in [0.29, 0.717) is 0 Å². The lowest BCUT2D eigenvalue weighted by Gasteiger charge is -2.14. The van der Waals surface area contributed by atoms with Crippen molar-refractivity contribution in [1.29, 1.82) is 0 Å². The van der Waals surface area contributed by atoms with E-state index in [0.717, 1.165) is 0 Å². The van der Waals surface area contributed by atoms with Gasteiger partial charge in [-0.1, -0.05) is 76.2 Å². The second-order valence-electron chi connectivity index (χ2n) is 6.74. The molecular weight excluding hydrogens is 336 g/mol. The van der Waals surface area contributed by atoms with Gasteiger partial charge in [0.2, 0.25) is 0 Å². The third-order valence-corrected chi connectivity index (χ3v) is 5.39. The van der Waals surface area contributed by atoms with Gasteiger partial charge in [-0.05, 0) is 92.3 Å². The summed E-state index contributed by atoms with van der Waals surface area (Å²) >= 11 is 0. The molecule has 0 unspecified atom stereocenters. The van der Waals surface area contributed by atoms with Gasteiger partial charge in [0.25, 0.3) is 0 Å². The molecule has 0 saturated heterocycles. The third-order valence-electron chi connectivity index (χ3n) is 5.39. The zero-order chi connectivity index (χ0) is 20.3. The molecule has 142 valence electrons. The molecular formula is C28H30. The average molecular weight is 367 g/mol. The first kappa shape index (κ1) is 19.9. The molecule has 0 heteroatoms. The molecule has 0 heterocycles. The van der Waals surface area contributed by atoms with Crippen LogP contribution in [0.2, 0.25) is 0 Å². The standard InChI is InChI=1S/C24H18.2C2H6/c1-15-21-11-17-7-3-5-9-19(17)13-23(21)16(2)24-14-20-10-6-4-8-18(20)12-22(15)24;2*1-2/h3-14H,1-2H3;2*1-2H3. The molecule has 0 aromatic heterocycles. The molecule has 0 bridgehead atoms. The fourth-order valence-corrected chi connectivity index (χ4v) is 4.01. The Morgan fingerprint density at radius 1 is 0.393 bits per heavy atom. The van der Waals surface area contributed by atoms with Crippen LogP contribution in [0.1, 0.15) is 38.8 Å². The molecule has 0 amide bonds. The van der Waals surface area contributed by atoms with Crippen molar-refractivity contribution in [3.05, 3.63) is 83.9 Å². The summed E-state index contributed by atoms with van der Waals surface area (Å²) in [6.45, 7) is 12.5. The Kier molecular flexibility index (Phi) is 5.99. The monoisotopic (exact) mass is 366 g/mol. The number of benzene rings is 5. The van der Waals surface area contributed by atoms with E-state index in [1.807, 2.05) is 27.7 Å². The predicted octanol–water partition coefficient (Wildman–Crippen LogP) is 8.97. The van der Waals surface area contributed by atoms with E-state index in [1.54, 1.807) is 0 Å². The van der Waals surface area contributed by atoms with Crippen LogP contribution in [0.4, 0.5) is 0 Å². The Bertz CT molecular complexity index is 1060. The van der Waals surface area contributed by atoms with E-state index < -0.39 is 0 Å². The minimum absolute atomic E-state index is 1.31. The summed E-state index contributed by atoms with van der Waals surface area (Å²) in [6, 6.07) is 26.7. The van der Waals surface area contributed by atoms with Crippen LogP contribution in [0.3, 0.4) is 0 Å². The van der Waals surface area contributed by atoms with Crippen molar-refractivity contribution >= 4 is 43.1 Å². The predicted molar refractivity (Wildman–Crippen MR) is 129 cm³/mol.